The fourth-order valence-corrected chi connectivity index (χ4v) is 1.34. The lowest BCUT2D eigenvalue weighted by Crippen LogP contribution is -1.96. The number of nitrogens with zero attached hydrogens (tertiary/aromatic N) is 1. The molecule has 1 amide bonds. The Kier molecular flexibility index (Phi) is 3.18. The minimum Gasteiger partial charge on any atom is -0.328 e. The summed E-state index contributed by atoms with van der Waals surface area (Å²) in [6.45, 7) is 0. The van der Waals surface area contributed by atoms with Crippen LogP contribution >= 0.6 is 22.6 Å². The van der Waals surface area contributed by atoms with Crippen LogP contribution in [0.1, 0.15) is 0 Å². The average molecular weight is 292 g/mol. The Labute approximate surface area is 87.4 Å². The summed E-state index contributed by atoms with van der Waals surface area (Å²) < 4.78 is 0.541. The van der Waals surface area contributed by atoms with Crippen LogP contribution in [-0.4, -0.2) is 11.3 Å². The molecule has 1 rings (SSSR count). The molecule has 1 aromatic rings. The first-order valence-electron chi connectivity index (χ1n) is 3.29. The number of amides is 1. The molecule has 13 heavy (non-hydrogen) atoms. The summed E-state index contributed by atoms with van der Waals surface area (Å²) in [5, 5.41) is 12.8. The first kappa shape index (κ1) is 9.90. The fourth-order valence-electron chi connectivity index (χ4n) is 0.810. The van der Waals surface area contributed by atoms with Crippen LogP contribution in [0.25, 0.3) is 0 Å². The summed E-state index contributed by atoms with van der Waals surface area (Å²) in [6, 6.07) is 4.49. The van der Waals surface area contributed by atoms with Crippen molar-refractivity contribution in [2.75, 3.05) is 5.32 Å². The van der Waals surface area contributed by atoms with Crippen molar-refractivity contribution >= 4 is 40.4 Å². The van der Waals surface area contributed by atoms with E-state index in [1.807, 2.05) is 22.6 Å². The molecular formula is C7H5IN2O3. The third-order valence-corrected chi connectivity index (χ3v) is 2.28. The first-order chi connectivity index (χ1) is 6.15. The van der Waals surface area contributed by atoms with E-state index in [0.29, 0.717) is 15.7 Å². The second-order valence-electron chi connectivity index (χ2n) is 2.19. The molecule has 0 aliphatic rings. The van der Waals surface area contributed by atoms with Crippen LogP contribution < -0.4 is 5.32 Å². The molecule has 0 radical (unpaired) electrons. The highest BCUT2D eigenvalue weighted by Gasteiger charge is 2.11. The van der Waals surface area contributed by atoms with E-state index < -0.39 is 4.92 Å². The molecule has 1 aromatic carbocycles. The van der Waals surface area contributed by atoms with Crippen molar-refractivity contribution in [3.05, 3.63) is 31.9 Å². The lowest BCUT2D eigenvalue weighted by molar-refractivity contribution is -0.385. The van der Waals surface area contributed by atoms with Crippen LogP contribution in [-0.2, 0) is 4.79 Å². The van der Waals surface area contributed by atoms with Gasteiger partial charge in [-0.05, 0) is 34.7 Å². The number of carbonyl (C=O) groups is 1. The second-order valence-corrected chi connectivity index (χ2v) is 3.35. The number of rotatable bonds is 3. The van der Waals surface area contributed by atoms with Gasteiger partial charge in [-0.15, -0.1) is 0 Å². The van der Waals surface area contributed by atoms with Crippen LogP contribution in [0.2, 0.25) is 0 Å². The number of anilines is 1. The van der Waals surface area contributed by atoms with Crippen LogP contribution in [0.4, 0.5) is 11.4 Å². The van der Waals surface area contributed by atoms with E-state index in [1.165, 1.54) is 6.07 Å². The molecule has 5 nitrogen and oxygen atoms in total. The maximum absolute atomic E-state index is 10.5. The molecule has 0 unspecified atom stereocenters. The third kappa shape index (κ3) is 2.38. The quantitative estimate of drug-likeness (QED) is 0.399. The van der Waals surface area contributed by atoms with Gasteiger partial charge in [0.1, 0.15) is 0 Å². The molecule has 6 heteroatoms. The Balaban J connectivity index is 3.10. The zero-order chi connectivity index (χ0) is 9.84. The summed E-state index contributed by atoms with van der Waals surface area (Å²) in [7, 11) is 0. The Morgan fingerprint density at radius 1 is 1.54 bits per heavy atom. The van der Waals surface area contributed by atoms with Gasteiger partial charge in [0.15, 0.2) is 0 Å². The minimum atomic E-state index is -0.488. The number of nitrogens with one attached hydrogen (secondary N) is 1. The van der Waals surface area contributed by atoms with Gasteiger partial charge in [-0.1, -0.05) is 0 Å². The lowest BCUT2D eigenvalue weighted by Gasteiger charge is -1.99. The Morgan fingerprint density at radius 2 is 2.23 bits per heavy atom. The molecule has 0 aromatic heterocycles. The van der Waals surface area contributed by atoms with Crippen LogP contribution in [0.15, 0.2) is 18.2 Å². The van der Waals surface area contributed by atoms with E-state index in [1.54, 1.807) is 12.1 Å². The minimum absolute atomic E-state index is 0.00699. The zero-order valence-corrected chi connectivity index (χ0v) is 8.52. The smallest absolute Gasteiger partial charge is 0.284 e. The van der Waals surface area contributed by atoms with Gasteiger partial charge < -0.3 is 5.32 Å². The Bertz CT molecular complexity index is 354. The summed E-state index contributed by atoms with van der Waals surface area (Å²) in [5.41, 5.74) is 0.412. The number of benzene rings is 1. The first-order valence-corrected chi connectivity index (χ1v) is 4.37. The van der Waals surface area contributed by atoms with Gasteiger partial charge in [-0.3, -0.25) is 14.9 Å². The van der Waals surface area contributed by atoms with Crippen LogP contribution in [0, 0.1) is 13.7 Å². The standard InChI is InChI=1S/C7H5IN2O3/c8-6-2-1-5(9-4-11)3-7(6)10(12)13/h1-4H,(H,9,11). The van der Waals surface area contributed by atoms with E-state index in [9.17, 15) is 14.9 Å². The molecule has 0 aliphatic carbocycles. The van der Waals surface area contributed by atoms with Crippen LogP contribution in [0.3, 0.4) is 0 Å². The molecule has 0 saturated carbocycles. The summed E-state index contributed by atoms with van der Waals surface area (Å²) in [6.07, 6.45) is 0.478. The van der Waals surface area contributed by atoms with Crippen molar-refractivity contribution in [2.45, 2.75) is 0 Å². The summed E-state index contributed by atoms with van der Waals surface area (Å²) in [4.78, 5) is 20.0. The van der Waals surface area contributed by atoms with Crippen molar-refractivity contribution in [1.82, 2.24) is 0 Å². The molecule has 0 aliphatic heterocycles. The Hall–Kier alpha value is -1.18. The maximum Gasteiger partial charge on any atom is 0.284 e. The van der Waals surface area contributed by atoms with Gasteiger partial charge in [0.2, 0.25) is 6.41 Å². The predicted molar refractivity (Wildman–Crippen MR) is 55.5 cm³/mol. The highest BCUT2D eigenvalue weighted by Crippen LogP contribution is 2.23. The summed E-state index contributed by atoms with van der Waals surface area (Å²) >= 11 is 1.86. The Morgan fingerprint density at radius 3 is 2.77 bits per heavy atom. The highest BCUT2D eigenvalue weighted by molar-refractivity contribution is 14.1. The van der Waals surface area contributed by atoms with Crippen molar-refractivity contribution < 1.29 is 9.72 Å². The van der Waals surface area contributed by atoms with Gasteiger partial charge in [-0.25, -0.2) is 0 Å². The van der Waals surface area contributed by atoms with Crippen molar-refractivity contribution in [1.29, 1.82) is 0 Å². The molecule has 0 bridgehead atoms. The number of hydrogen-bond donors (Lipinski definition) is 1. The summed E-state index contributed by atoms with van der Waals surface area (Å²) in [5.74, 6) is 0. The predicted octanol–water partition coefficient (Wildman–Crippen LogP) is 1.77. The highest BCUT2D eigenvalue weighted by atomic mass is 127. The van der Waals surface area contributed by atoms with E-state index in [0.717, 1.165) is 0 Å². The van der Waals surface area contributed by atoms with Gasteiger partial charge in [0.05, 0.1) is 8.49 Å². The molecule has 0 atom stereocenters. The SMILES string of the molecule is O=CNc1ccc(I)c([N+](=O)[O-])c1. The molecule has 0 heterocycles. The number of carbonyl (C=O) groups excluding carboxylic acids is 1. The molecule has 1 N–H and O–H groups in total. The molecule has 0 fully saturated rings. The van der Waals surface area contributed by atoms with Crippen molar-refractivity contribution in [2.24, 2.45) is 0 Å². The van der Waals surface area contributed by atoms with E-state index >= 15 is 0 Å². The second kappa shape index (κ2) is 4.17. The fraction of sp³-hybridized carbons (Fsp3) is 0. The van der Waals surface area contributed by atoms with Crippen molar-refractivity contribution in [3.63, 3.8) is 0 Å². The number of hydrogen-bond acceptors (Lipinski definition) is 3. The third-order valence-electron chi connectivity index (χ3n) is 1.37. The number of halogens is 1. The normalized spacial score (nSPS) is 9.31. The molecule has 0 spiro atoms. The van der Waals surface area contributed by atoms with Gasteiger partial charge in [-0.2, -0.15) is 0 Å². The largest absolute Gasteiger partial charge is 0.328 e. The van der Waals surface area contributed by atoms with Gasteiger partial charge in [0, 0.05) is 11.8 Å². The van der Waals surface area contributed by atoms with E-state index in [2.05, 4.69) is 5.32 Å². The van der Waals surface area contributed by atoms with Crippen LogP contribution in [0.5, 0.6) is 0 Å². The molecule has 68 valence electrons. The van der Waals surface area contributed by atoms with Gasteiger partial charge in [0.25, 0.3) is 5.69 Å². The molecular weight excluding hydrogens is 287 g/mol. The van der Waals surface area contributed by atoms with Crippen molar-refractivity contribution in [3.8, 4) is 0 Å². The zero-order valence-electron chi connectivity index (χ0n) is 6.36. The lowest BCUT2D eigenvalue weighted by atomic mass is 10.3. The number of nitro benzene ring substituents is 1. The maximum atomic E-state index is 10.5. The topological polar surface area (TPSA) is 72.2 Å². The monoisotopic (exact) mass is 292 g/mol. The van der Waals surface area contributed by atoms with Gasteiger partial charge >= 0.3 is 0 Å². The molecule has 0 saturated heterocycles. The van der Waals surface area contributed by atoms with E-state index in [-0.39, 0.29) is 5.69 Å². The van der Waals surface area contributed by atoms with E-state index in [4.69, 9.17) is 0 Å². The number of nitro groups is 1. The average Bonchev–Trinajstić information content (AvgIpc) is 2.08.